The number of hydrogen-bond acceptors (Lipinski definition) is 5. The molecule has 2 aliphatic rings. The van der Waals surface area contributed by atoms with Crippen LogP contribution in [0.1, 0.15) is 24.6 Å². The van der Waals surface area contributed by atoms with Crippen molar-refractivity contribution in [3.63, 3.8) is 0 Å². The summed E-state index contributed by atoms with van der Waals surface area (Å²) in [6.45, 7) is 5.21. The first-order valence-corrected chi connectivity index (χ1v) is 7.13. The molecule has 5 nitrogen and oxygen atoms in total. The summed E-state index contributed by atoms with van der Waals surface area (Å²) in [5.41, 5.74) is 0.958. The Morgan fingerprint density at radius 1 is 1.21 bits per heavy atom. The Hall–Kier alpha value is -1.04. The SMILES string of the molecule is CN1CCC(N2CCOC(c3cnccn3)C2)CC1. The van der Waals surface area contributed by atoms with Gasteiger partial charge in [0, 0.05) is 31.5 Å². The van der Waals surface area contributed by atoms with Gasteiger partial charge in [0.05, 0.1) is 18.5 Å². The van der Waals surface area contributed by atoms with Gasteiger partial charge in [-0.15, -0.1) is 0 Å². The third kappa shape index (κ3) is 3.11. The van der Waals surface area contributed by atoms with E-state index in [4.69, 9.17) is 4.74 Å². The van der Waals surface area contributed by atoms with Crippen LogP contribution in [-0.4, -0.2) is 65.6 Å². The molecule has 0 spiro atoms. The second-order valence-electron chi connectivity index (χ2n) is 5.52. The maximum absolute atomic E-state index is 5.85. The van der Waals surface area contributed by atoms with Gasteiger partial charge in [-0.1, -0.05) is 0 Å². The number of likely N-dealkylation sites (tertiary alicyclic amines) is 1. The minimum absolute atomic E-state index is 0.0853. The lowest BCUT2D eigenvalue weighted by atomic mass is 10.0. The fourth-order valence-corrected chi connectivity index (χ4v) is 3.02. The molecule has 19 heavy (non-hydrogen) atoms. The highest BCUT2D eigenvalue weighted by molar-refractivity contribution is 5.02. The Balaban J connectivity index is 1.62. The molecule has 3 heterocycles. The third-order valence-electron chi connectivity index (χ3n) is 4.22. The van der Waals surface area contributed by atoms with Crippen LogP contribution in [0, 0.1) is 0 Å². The number of nitrogens with zero attached hydrogens (tertiary/aromatic N) is 4. The Bertz CT molecular complexity index is 392. The first-order chi connectivity index (χ1) is 9.33. The smallest absolute Gasteiger partial charge is 0.114 e. The number of aromatic nitrogens is 2. The summed E-state index contributed by atoms with van der Waals surface area (Å²) < 4.78 is 5.85. The van der Waals surface area contributed by atoms with Crippen LogP contribution in [0.2, 0.25) is 0 Å². The lowest BCUT2D eigenvalue weighted by Gasteiger charge is -2.41. The zero-order valence-corrected chi connectivity index (χ0v) is 11.5. The Kier molecular flexibility index (Phi) is 4.06. The molecule has 104 valence electrons. The van der Waals surface area contributed by atoms with Gasteiger partial charge in [0.25, 0.3) is 0 Å². The Labute approximate surface area is 114 Å². The van der Waals surface area contributed by atoms with Crippen molar-refractivity contribution in [3.05, 3.63) is 24.3 Å². The van der Waals surface area contributed by atoms with E-state index >= 15 is 0 Å². The van der Waals surface area contributed by atoms with E-state index in [1.165, 1.54) is 25.9 Å². The van der Waals surface area contributed by atoms with Gasteiger partial charge >= 0.3 is 0 Å². The van der Waals surface area contributed by atoms with Crippen molar-refractivity contribution in [3.8, 4) is 0 Å². The average Bonchev–Trinajstić information content (AvgIpc) is 2.49. The molecule has 0 radical (unpaired) electrons. The van der Waals surface area contributed by atoms with Crippen LogP contribution in [-0.2, 0) is 4.74 Å². The predicted octanol–water partition coefficient (Wildman–Crippen LogP) is 0.944. The quantitative estimate of drug-likeness (QED) is 0.793. The summed E-state index contributed by atoms with van der Waals surface area (Å²) in [5, 5.41) is 0. The molecule has 3 rings (SSSR count). The zero-order chi connectivity index (χ0) is 13.1. The van der Waals surface area contributed by atoms with Crippen LogP contribution in [0.5, 0.6) is 0 Å². The summed E-state index contributed by atoms with van der Waals surface area (Å²) in [4.78, 5) is 13.5. The van der Waals surface area contributed by atoms with Crippen molar-refractivity contribution in [1.82, 2.24) is 19.8 Å². The van der Waals surface area contributed by atoms with E-state index in [2.05, 4.69) is 26.8 Å². The summed E-state index contributed by atoms with van der Waals surface area (Å²) in [6.07, 6.45) is 7.90. The molecule has 0 aliphatic carbocycles. The molecule has 2 aliphatic heterocycles. The first-order valence-electron chi connectivity index (χ1n) is 7.13. The summed E-state index contributed by atoms with van der Waals surface area (Å²) in [5.74, 6) is 0. The maximum Gasteiger partial charge on any atom is 0.114 e. The number of piperidine rings is 1. The number of ether oxygens (including phenoxy) is 1. The Morgan fingerprint density at radius 3 is 2.79 bits per heavy atom. The molecule has 0 bridgehead atoms. The average molecular weight is 262 g/mol. The molecular weight excluding hydrogens is 240 g/mol. The van der Waals surface area contributed by atoms with Crippen molar-refractivity contribution >= 4 is 0 Å². The van der Waals surface area contributed by atoms with E-state index < -0.39 is 0 Å². The van der Waals surface area contributed by atoms with Gasteiger partial charge in [-0.05, 0) is 33.0 Å². The highest BCUT2D eigenvalue weighted by Crippen LogP contribution is 2.24. The molecule has 0 amide bonds. The van der Waals surface area contributed by atoms with Crippen molar-refractivity contribution in [2.75, 3.05) is 39.8 Å². The normalized spacial score (nSPS) is 27.5. The molecule has 0 saturated carbocycles. The van der Waals surface area contributed by atoms with Gasteiger partial charge in [0.2, 0.25) is 0 Å². The van der Waals surface area contributed by atoms with Crippen LogP contribution >= 0.6 is 0 Å². The molecule has 0 N–H and O–H groups in total. The fraction of sp³-hybridized carbons (Fsp3) is 0.714. The lowest BCUT2D eigenvalue weighted by molar-refractivity contribution is -0.0545. The van der Waals surface area contributed by atoms with Crippen molar-refractivity contribution < 1.29 is 4.74 Å². The molecule has 2 fully saturated rings. The number of rotatable bonds is 2. The molecule has 1 atom stereocenters. The lowest BCUT2D eigenvalue weighted by Crippen LogP contribution is -2.49. The molecule has 0 aromatic carbocycles. The van der Waals surface area contributed by atoms with E-state index in [-0.39, 0.29) is 6.10 Å². The van der Waals surface area contributed by atoms with Crippen LogP contribution in [0.25, 0.3) is 0 Å². The molecule has 1 unspecified atom stereocenters. The van der Waals surface area contributed by atoms with E-state index in [0.29, 0.717) is 6.04 Å². The van der Waals surface area contributed by atoms with Gasteiger partial charge in [0.1, 0.15) is 6.10 Å². The molecule has 2 saturated heterocycles. The van der Waals surface area contributed by atoms with Crippen LogP contribution < -0.4 is 0 Å². The predicted molar refractivity (Wildman–Crippen MR) is 72.8 cm³/mol. The van der Waals surface area contributed by atoms with Gasteiger partial charge in [-0.3, -0.25) is 14.9 Å². The summed E-state index contributed by atoms with van der Waals surface area (Å²) in [6, 6.07) is 0.708. The number of morpholine rings is 1. The summed E-state index contributed by atoms with van der Waals surface area (Å²) >= 11 is 0. The minimum Gasteiger partial charge on any atom is -0.369 e. The topological polar surface area (TPSA) is 41.5 Å². The second-order valence-corrected chi connectivity index (χ2v) is 5.52. The maximum atomic E-state index is 5.85. The second kappa shape index (κ2) is 5.94. The minimum atomic E-state index is 0.0853. The first kappa shape index (κ1) is 13.0. The largest absolute Gasteiger partial charge is 0.369 e. The van der Waals surface area contributed by atoms with Gasteiger partial charge in [-0.25, -0.2) is 0 Å². The molecule has 5 heteroatoms. The summed E-state index contributed by atoms with van der Waals surface area (Å²) in [7, 11) is 2.21. The van der Waals surface area contributed by atoms with Crippen molar-refractivity contribution in [1.29, 1.82) is 0 Å². The van der Waals surface area contributed by atoms with E-state index in [1.54, 1.807) is 12.4 Å². The monoisotopic (exact) mass is 262 g/mol. The van der Waals surface area contributed by atoms with E-state index in [1.807, 2.05) is 6.20 Å². The van der Waals surface area contributed by atoms with Gasteiger partial charge in [0.15, 0.2) is 0 Å². The van der Waals surface area contributed by atoms with Gasteiger partial charge < -0.3 is 9.64 Å². The standard InChI is InChI=1S/C14H22N4O/c1-17-6-2-12(3-7-17)18-8-9-19-14(11-18)13-10-15-4-5-16-13/h4-5,10,12,14H,2-3,6-9,11H2,1H3. The van der Waals surface area contributed by atoms with Crippen LogP contribution in [0.4, 0.5) is 0 Å². The third-order valence-corrected chi connectivity index (χ3v) is 4.22. The molecule has 1 aromatic heterocycles. The van der Waals surface area contributed by atoms with Crippen LogP contribution in [0.3, 0.4) is 0 Å². The van der Waals surface area contributed by atoms with E-state index in [0.717, 1.165) is 25.4 Å². The molecule has 1 aromatic rings. The van der Waals surface area contributed by atoms with Crippen LogP contribution in [0.15, 0.2) is 18.6 Å². The van der Waals surface area contributed by atoms with Crippen molar-refractivity contribution in [2.24, 2.45) is 0 Å². The van der Waals surface area contributed by atoms with Crippen molar-refractivity contribution in [2.45, 2.75) is 25.0 Å². The molecular formula is C14H22N4O. The Morgan fingerprint density at radius 2 is 2.05 bits per heavy atom. The van der Waals surface area contributed by atoms with Gasteiger partial charge in [-0.2, -0.15) is 0 Å². The zero-order valence-electron chi connectivity index (χ0n) is 11.5. The van der Waals surface area contributed by atoms with E-state index in [9.17, 15) is 0 Å². The fourth-order valence-electron chi connectivity index (χ4n) is 3.02. The highest BCUT2D eigenvalue weighted by Gasteiger charge is 2.29. The number of hydrogen-bond donors (Lipinski definition) is 0. The highest BCUT2D eigenvalue weighted by atomic mass is 16.5.